The molecule has 2 N–H and O–H groups in total. The lowest BCUT2D eigenvalue weighted by atomic mass is 10.0. The number of carbonyl (C=O) groups is 3. The van der Waals surface area contributed by atoms with E-state index in [2.05, 4.69) is 15.5 Å². The van der Waals surface area contributed by atoms with Gasteiger partial charge in [0.25, 0.3) is 11.8 Å². The van der Waals surface area contributed by atoms with Crippen molar-refractivity contribution in [3.63, 3.8) is 0 Å². The lowest BCUT2D eigenvalue weighted by Crippen LogP contribution is -2.70. The first-order valence-corrected chi connectivity index (χ1v) is 12.0. The normalized spacial score (nSPS) is 20.6. The van der Waals surface area contributed by atoms with Crippen LogP contribution < -0.4 is 5.32 Å². The number of aliphatic carboxylic acids is 1. The number of thioether (sulfide) groups is 2. The third-order valence-electron chi connectivity index (χ3n) is 4.53. The highest BCUT2D eigenvalue weighted by Crippen LogP contribution is 2.42. The van der Waals surface area contributed by atoms with Crippen molar-refractivity contribution in [1.82, 2.24) is 20.4 Å². The molecule has 1 aromatic carbocycles. The molecule has 2 atom stereocenters. The van der Waals surface area contributed by atoms with Gasteiger partial charge in [0.05, 0.1) is 10.6 Å². The Balaban J connectivity index is 1.49. The molecule has 2 aliphatic heterocycles. The van der Waals surface area contributed by atoms with Crippen LogP contribution >= 0.6 is 46.5 Å². The van der Waals surface area contributed by atoms with Crippen molar-refractivity contribution in [2.75, 3.05) is 11.5 Å². The molecule has 1 aromatic heterocycles. The number of rotatable bonds is 6. The van der Waals surface area contributed by atoms with E-state index in [0.29, 0.717) is 17.1 Å². The summed E-state index contributed by atoms with van der Waals surface area (Å²) in [6, 6.07) is 5.75. The van der Waals surface area contributed by atoms with E-state index in [-0.39, 0.29) is 16.3 Å². The van der Waals surface area contributed by atoms with Gasteiger partial charge in [-0.3, -0.25) is 14.5 Å². The predicted molar refractivity (Wildman–Crippen MR) is 116 cm³/mol. The second-order valence-electron chi connectivity index (χ2n) is 6.47. The molecule has 2 aliphatic rings. The maximum atomic E-state index is 12.7. The molecule has 1 fully saturated rings. The average Bonchev–Trinajstić information content (AvgIpc) is 3.14. The Labute approximate surface area is 189 Å². The van der Waals surface area contributed by atoms with E-state index in [4.69, 9.17) is 11.6 Å². The number of halogens is 1. The number of hydrogen-bond acceptors (Lipinski definition) is 8. The third-order valence-corrected chi connectivity index (χ3v) is 8.26. The lowest BCUT2D eigenvalue weighted by molar-refractivity contribution is -0.148. The molecule has 12 heteroatoms. The first-order valence-electron chi connectivity index (χ1n) is 8.75. The number of carboxylic acids is 1. The van der Waals surface area contributed by atoms with Crippen LogP contribution in [0.25, 0.3) is 0 Å². The molecule has 4 rings (SSSR count). The van der Waals surface area contributed by atoms with Crippen LogP contribution in [0.1, 0.15) is 15.4 Å². The quantitative estimate of drug-likeness (QED) is 0.477. The Morgan fingerprint density at radius 1 is 1.37 bits per heavy atom. The standard InChI is InChI=1S/C18H15ClN4O4S3/c1-8-21-22-18(30-8)29-7-9-6-28-16-12(15(25)23(16)13(9)17(26)27)20-14(24)10-4-2-3-5-11(10)19/h2-5,12,16H,6-7H2,1H3,(H,20,24)(H,26,27)/t12-,16+/m0/s1. The van der Waals surface area contributed by atoms with E-state index in [1.807, 2.05) is 6.92 Å². The van der Waals surface area contributed by atoms with Gasteiger partial charge in [0, 0.05) is 11.5 Å². The number of carboxylic acid groups (broad SMARTS) is 1. The maximum Gasteiger partial charge on any atom is 0.352 e. The second kappa shape index (κ2) is 8.58. The summed E-state index contributed by atoms with van der Waals surface area (Å²) in [5, 5.41) is 21.0. The SMILES string of the molecule is Cc1nnc(SCC2=C(C(=O)O)N3C(=O)[C@H](NC(=O)c4ccccc4Cl)[C@H]3SC2)s1. The molecule has 0 unspecified atom stereocenters. The topological polar surface area (TPSA) is 112 Å². The minimum atomic E-state index is -1.16. The first-order chi connectivity index (χ1) is 14.4. The van der Waals surface area contributed by atoms with Crippen LogP contribution in [0.15, 0.2) is 39.9 Å². The summed E-state index contributed by atoms with van der Waals surface area (Å²) >= 11 is 10.3. The molecular weight excluding hydrogens is 468 g/mol. The number of aromatic nitrogens is 2. The Bertz CT molecular complexity index is 1070. The van der Waals surface area contributed by atoms with Crippen LogP contribution in [0.5, 0.6) is 0 Å². The average molecular weight is 483 g/mol. The highest BCUT2D eigenvalue weighted by molar-refractivity contribution is 8.01. The van der Waals surface area contributed by atoms with Gasteiger partial charge in [0.1, 0.15) is 22.1 Å². The van der Waals surface area contributed by atoms with Gasteiger partial charge in [-0.05, 0) is 24.6 Å². The molecule has 156 valence electrons. The van der Waals surface area contributed by atoms with Crippen LogP contribution in [0, 0.1) is 6.92 Å². The molecule has 0 spiro atoms. The van der Waals surface area contributed by atoms with Crippen LogP contribution in [-0.2, 0) is 9.59 Å². The molecular formula is C18H15ClN4O4S3. The highest BCUT2D eigenvalue weighted by atomic mass is 35.5. The van der Waals surface area contributed by atoms with Gasteiger partial charge in [-0.1, -0.05) is 46.8 Å². The Morgan fingerprint density at radius 2 is 2.13 bits per heavy atom. The van der Waals surface area contributed by atoms with Gasteiger partial charge in [-0.25, -0.2) is 4.79 Å². The van der Waals surface area contributed by atoms with Gasteiger partial charge < -0.3 is 10.4 Å². The van der Waals surface area contributed by atoms with Crippen molar-refractivity contribution in [2.24, 2.45) is 0 Å². The van der Waals surface area contributed by atoms with Gasteiger partial charge in [-0.2, -0.15) is 0 Å². The molecule has 30 heavy (non-hydrogen) atoms. The lowest BCUT2D eigenvalue weighted by Gasteiger charge is -2.49. The summed E-state index contributed by atoms with van der Waals surface area (Å²) in [5.74, 6) is -1.23. The van der Waals surface area contributed by atoms with Crippen LogP contribution in [0.2, 0.25) is 5.02 Å². The Hall–Kier alpha value is -2.08. The molecule has 3 heterocycles. The molecule has 0 radical (unpaired) electrons. The van der Waals surface area contributed by atoms with E-state index in [0.717, 1.165) is 9.35 Å². The van der Waals surface area contributed by atoms with Crippen LogP contribution in [0.4, 0.5) is 0 Å². The summed E-state index contributed by atoms with van der Waals surface area (Å²) in [5.41, 5.74) is 0.899. The van der Waals surface area contributed by atoms with Crippen molar-refractivity contribution in [1.29, 1.82) is 0 Å². The number of hydrogen-bond donors (Lipinski definition) is 2. The van der Waals surface area contributed by atoms with Gasteiger partial charge in [0.15, 0.2) is 4.34 Å². The number of carbonyl (C=O) groups excluding carboxylic acids is 2. The fourth-order valence-corrected chi connectivity index (χ4v) is 6.67. The summed E-state index contributed by atoms with van der Waals surface area (Å²) in [6.07, 6.45) is 0. The van der Waals surface area contributed by atoms with E-state index >= 15 is 0 Å². The van der Waals surface area contributed by atoms with Crippen molar-refractivity contribution < 1.29 is 19.5 Å². The predicted octanol–water partition coefficient (Wildman–Crippen LogP) is 2.64. The molecule has 0 bridgehead atoms. The minimum absolute atomic E-state index is 0.0132. The number of benzene rings is 1. The Kier molecular flexibility index (Phi) is 6.05. The number of fused-ring (bicyclic) bond motifs is 1. The van der Waals surface area contributed by atoms with Crippen molar-refractivity contribution in [3.05, 3.63) is 51.1 Å². The Morgan fingerprint density at radius 3 is 2.80 bits per heavy atom. The van der Waals surface area contributed by atoms with Gasteiger partial charge >= 0.3 is 5.97 Å². The zero-order chi connectivity index (χ0) is 21.4. The second-order valence-corrected chi connectivity index (χ2v) is 10.4. The summed E-state index contributed by atoms with van der Waals surface area (Å²) in [7, 11) is 0. The molecule has 8 nitrogen and oxygen atoms in total. The van der Waals surface area contributed by atoms with Gasteiger partial charge in [0.2, 0.25) is 0 Å². The smallest absolute Gasteiger partial charge is 0.352 e. The summed E-state index contributed by atoms with van der Waals surface area (Å²) < 4.78 is 0.747. The largest absolute Gasteiger partial charge is 0.477 e. The van der Waals surface area contributed by atoms with E-state index in [1.54, 1.807) is 24.3 Å². The molecule has 0 aliphatic carbocycles. The van der Waals surface area contributed by atoms with Crippen LogP contribution in [0.3, 0.4) is 0 Å². The van der Waals surface area contributed by atoms with Crippen LogP contribution in [-0.4, -0.2) is 60.9 Å². The fraction of sp³-hybridized carbons (Fsp3) is 0.278. The minimum Gasteiger partial charge on any atom is -0.477 e. The zero-order valence-corrected chi connectivity index (χ0v) is 18.7. The van der Waals surface area contributed by atoms with Gasteiger partial charge in [-0.15, -0.1) is 22.0 Å². The van der Waals surface area contributed by atoms with E-state index in [1.165, 1.54) is 39.8 Å². The van der Waals surface area contributed by atoms with Crippen molar-refractivity contribution in [3.8, 4) is 0 Å². The third kappa shape index (κ3) is 3.94. The highest BCUT2D eigenvalue weighted by Gasteiger charge is 2.54. The van der Waals surface area contributed by atoms with E-state index in [9.17, 15) is 19.5 Å². The molecule has 2 aromatic rings. The molecule has 0 saturated carbocycles. The number of aryl methyl sites for hydroxylation is 1. The number of nitrogens with one attached hydrogen (secondary N) is 1. The van der Waals surface area contributed by atoms with Crippen molar-refractivity contribution >= 4 is 64.2 Å². The monoisotopic (exact) mass is 482 g/mol. The maximum absolute atomic E-state index is 12.7. The number of amides is 2. The number of β-lactam (4-membered cyclic amide) rings is 1. The molecule has 2 amide bonds. The first kappa shape index (κ1) is 21.2. The zero-order valence-electron chi connectivity index (χ0n) is 15.5. The van der Waals surface area contributed by atoms with E-state index < -0.39 is 29.2 Å². The summed E-state index contributed by atoms with van der Waals surface area (Å²) in [4.78, 5) is 38.4. The number of nitrogens with zero attached hydrogens (tertiary/aromatic N) is 3. The van der Waals surface area contributed by atoms with Crippen molar-refractivity contribution in [2.45, 2.75) is 22.7 Å². The molecule has 1 saturated heterocycles. The fourth-order valence-electron chi connectivity index (χ4n) is 3.14. The summed E-state index contributed by atoms with van der Waals surface area (Å²) in [6.45, 7) is 1.85.